The Morgan fingerprint density at radius 1 is 1.04 bits per heavy atom. The zero-order valence-corrected chi connectivity index (χ0v) is 15.2. The number of aryl methyl sites for hydroxylation is 2. The van der Waals surface area contributed by atoms with Gasteiger partial charge in [-0.05, 0) is 55.7 Å². The van der Waals surface area contributed by atoms with E-state index in [1.807, 2.05) is 45.0 Å². The molecule has 0 bridgehead atoms. The van der Waals surface area contributed by atoms with Crippen LogP contribution in [0.15, 0.2) is 42.5 Å². The van der Waals surface area contributed by atoms with Crippen molar-refractivity contribution in [2.75, 3.05) is 18.9 Å². The van der Waals surface area contributed by atoms with Crippen molar-refractivity contribution in [2.24, 2.45) is 0 Å². The summed E-state index contributed by atoms with van der Waals surface area (Å²) in [6.45, 7) is 6.91. The number of urea groups is 1. The van der Waals surface area contributed by atoms with Crippen LogP contribution in [0.4, 0.5) is 10.5 Å². The first-order valence-electron chi connectivity index (χ1n) is 8.37. The van der Waals surface area contributed by atoms with Gasteiger partial charge >= 0.3 is 6.03 Å². The van der Waals surface area contributed by atoms with Crippen LogP contribution in [-0.2, 0) is 6.54 Å². The molecule has 0 saturated heterocycles. The van der Waals surface area contributed by atoms with Gasteiger partial charge in [0.25, 0.3) is 5.91 Å². The van der Waals surface area contributed by atoms with E-state index in [0.29, 0.717) is 24.3 Å². The monoisotopic (exact) mass is 339 g/mol. The number of carbonyl (C=O) groups is 2. The van der Waals surface area contributed by atoms with Crippen LogP contribution in [0.25, 0.3) is 0 Å². The van der Waals surface area contributed by atoms with Crippen molar-refractivity contribution < 1.29 is 9.59 Å². The van der Waals surface area contributed by atoms with Crippen LogP contribution in [0.5, 0.6) is 0 Å². The molecule has 5 heteroatoms. The summed E-state index contributed by atoms with van der Waals surface area (Å²) in [5, 5.41) is 5.67. The first kappa shape index (κ1) is 18.5. The fraction of sp³-hybridized carbons (Fsp3) is 0.300. The van der Waals surface area contributed by atoms with Gasteiger partial charge in [-0.25, -0.2) is 4.79 Å². The highest BCUT2D eigenvalue weighted by molar-refractivity contribution is 5.96. The van der Waals surface area contributed by atoms with Crippen LogP contribution in [0.3, 0.4) is 0 Å². The minimum atomic E-state index is -0.183. The number of amides is 3. The summed E-state index contributed by atoms with van der Waals surface area (Å²) in [5.41, 5.74) is 4.41. The standard InChI is InChI=1S/C20H25N3O2/c1-5-21-19(24)16-10-11-18(15(3)12-16)22-20(25)23(4)13-17-9-7-6-8-14(17)2/h6-12H,5,13H2,1-4H3,(H,21,24)(H,22,25). The van der Waals surface area contributed by atoms with Gasteiger partial charge < -0.3 is 15.5 Å². The Bertz CT molecular complexity index is 771. The van der Waals surface area contributed by atoms with Crippen LogP contribution in [0.2, 0.25) is 0 Å². The third-order valence-corrected chi connectivity index (χ3v) is 4.08. The summed E-state index contributed by atoms with van der Waals surface area (Å²) >= 11 is 0. The second-order valence-corrected chi connectivity index (χ2v) is 6.10. The van der Waals surface area contributed by atoms with Crippen molar-refractivity contribution in [3.63, 3.8) is 0 Å². The summed E-state index contributed by atoms with van der Waals surface area (Å²) in [7, 11) is 1.76. The summed E-state index contributed by atoms with van der Waals surface area (Å²) in [6, 6.07) is 13.1. The van der Waals surface area contributed by atoms with Crippen molar-refractivity contribution in [2.45, 2.75) is 27.3 Å². The molecule has 2 N–H and O–H groups in total. The van der Waals surface area contributed by atoms with Crippen molar-refractivity contribution in [1.29, 1.82) is 0 Å². The molecule has 0 heterocycles. The summed E-state index contributed by atoms with van der Waals surface area (Å²) < 4.78 is 0. The minimum absolute atomic E-state index is 0.111. The van der Waals surface area contributed by atoms with Crippen LogP contribution >= 0.6 is 0 Å². The SMILES string of the molecule is CCNC(=O)c1ccc(NC(=O)N(C)Cc2ccccc2C)c(C)c1. The lowest BCUT2D eigenvalue weighted by Gasteiger charge is -2.20. The molecule has 5 nitrogen and oxygen atoms in total. The summed E-state index contributed by atoms with van der Waals surface area (Å²) in [6.07, 6.45) is 0. The highest BCUT2D eigenvalue weighted by atomic mass is 16.2. The second kappa shape index (κ2) is 8.33. The first-order valence-corrected chi connectivity index (χ1v) is 8.37. The van der Waals surface area contributed by atoms with Gasteiger partial charge in [0.2, 0.25) is 0 Å². The molecule has 0 saturated carbocycles. The molecule has 0 aliphatic rings. The molecule has 0 aliphatic heterocycles. The largest absolute Gasteiger partial charge is 0.352 e. The van der Waals surface area contributed by atoms with Crippen molar-refractivity contribution >= 4 is 17.6 Å². The molecule has 0 aromatic heterocycles. The molecule has 0 atom stereocenters. The molecule has 132 valence electrons. The van der Waals surface area contributed by atoms with Gasteiger partial charge in [-0.1, -0.05) is 24.3 Å². The molecule has 25 heavy (non-hydrogen) atoms. The highest BCUT2D eigenvalue weighted by Gasteiger charge is 2.13. The predicted octanol–water partition coefficient (Wildman–Crippen LogP) is 3.72. The number of benzene rings is 2. The van der Waals surface area contributed by atoms with Crippen LogP contribution in [-0.4, -0.2) is 30.4 Å². The number of nitrogens with one attached hydrogen (secondary N) is 2. The number of anilines is 1. The third kappa shape index (κ3) is 4.83. The fourth-order valence-electron chi connectivity index (χ4n) is 2.53. The number of hydrogen-bond donors (Lipinski definition) is 2. The molecule has 2 aromatic rings. The topological polar surface area (TPSA) is 61.4 Å². The third-order valence-electron chi connectivity index (χ3n) is 4.08. The van der Waals surface area contributed by atoms with E-state index in [4.69, 9.17) is 0 Å². The average Bonchev–Trinajstić information content (AvgIpc) is 2.58. The average molecular weight is 339 g/mol. The number of nitrogens with zero attached hydrogens (tertiary/aromatic N) is 1. The normalized spacial score (nSPS) is 10.2. The van der Waals surface area contributed by atoms with Gasteiger partial charge in [0.05, 0.1) is 0 Å². The molecular formula is C20H25N3O2. The zero-order chi connectivity index (χ0) is 18.4. The zero-order valence-electron chi connectivity index (χ0n) is 15.2. The molecule has 2 aromatic carbocycles. The van der Waals surface area contributed by atoms with Gasteiger partial charge in [-0.15, -0.1) is 0 Å². The number of rotatable bonds is 5. The van der Waals surface area contributed by atoms with Crippen molar-refractivity contribution in [1.82, 2.24) is 10.2 Å². The maximum atomic E-state index is 12.4. The lowest BCUT2D eigenvalue weighted by Crippen LogP contribution is -2.31. The van der Waals surface area contributed by atoms with E-state index in [2.05, 4.69) is 10.6 Å². The van der Waals surface area contributed by atoms with Gasteiger partial charge in [0.15, 0.2) is 0 Å². The van der Waals surface area contributed by atoms with E-state index >= 15 is 0 Å². The van der Waals surface area contributed by atoms with E-state index in [1.165, 1.54) is 0 Å². The lowest BCUT2D eigenvalue weighted by molar-refractivity contribution is 0.0955. The second-order valence-electron chi connectivity index (χ2n) is 6.10. The van der Waals surface area contributed by atoms with Crippen molar-refractivity contribution in [3.8, 4) is 0 Å². The quantitative estimate of drug-likeness (QED) is 0.872. The number of carbonyl (C=O) groups excluding carboxylic acids is 2. The Morgan fingerprint density at radius 3 is 2.40 bits per heavy atom. The minimum Gasteiger partial charge on any atom is -0.352 e. The molecule has 0 spiro atoms. The Hall–Kier alpha value is -2.82. The fourth-order valence-corrected chi connectivity index (χ4v) is 2.53. The Labute approximate surface area is 149 Å². The lowest BCUT2D eigenvalue weighted by atomic mass is 10.1. The maximum absolute atomic E-state index is 12.4. The molecule has 0 aliphatic carbocycles. The maximum Gasteiger partial charge on any atom is 0.321 e. The first-order chi connectivity index (χ1) is 11.9. The summed E-state index contributed by atoms with van der Waals surface area (Å²) in [4.78, 5) is 25.9. The van der Waals surface area contributed by atoms with Gasteiger partial charge in [-0.2, -0.15) is 0 Å². The highest BCUT2D eigenvalue weighted by Crippen LogP contribution is 2.18. The molecule has 0 unspecified atom stereocenters. The molecule has 3 amide bonds. The van der Waals surface area contributed by atoms with E-state index in [-0.39, 0.29) is 11.9 Å². The molecule has 0 radical (unpaired) electrons. The Morgan fingerprint density at radius 2 is 1.76 bits per heavy atom. The number of hydrogen-bond acceptors (Lipinski definition) is 2. The van der Waals surface area contributed by atoms with Gasteiger partial charge in [-0.3, -0.25) is 4.79 Å². The van der Waals surface area contributed by atoms with Gasteiger partial charge in [0.1, 0.15) is 0 Å². The van der Waals surface area contributed by atoms with Crippen LogP contribution in [0.1, 0.15) is 34.0 Å². The van der Waals surface area contributed by atoms with Crippen LogP contribution in [0, 0.1) is 13.8 Å². The molecule has 0 fully saturated rings. The Kier molecular flexibility index (Phi) is 6.17. The van der Waals surface area contributed by atoms with E-state index in [1.54, 1.807) is 30.1 Å². The van der Waals surface area contributed by atoms with Crippen LogP contribution < -0.4 is 10.6 Å². The predicted molar refractivity (Wildman–Crippen MR) is 101 cm³/mol. The van der Waals surface area contributed by atoms with Crippen molar-refractivity contribution in [3.05, 3.63) is 64.7 Å². The molecule has 2 rings (SSSR count). The van der Waals surface area contributed by atoms with Gasteiger partial charge in [0, 0.05) is 31.4 Å². The summed E-state index contributed by atoms with van der Waals surface area (Å²) in [5.74, 6) is -0.111. The smallest absolute Gasteiger partial charge is 0.321 e. The van der Waals surface area contributed by atoms with E-state index in [0.717, 1.165) is 16.7 Å². The molecular weight excluding hydrogens is 314 g/mol. The van der Waals surface area contributed by atoms with E-state index < -0.39 is 0 Å². The Balaban J connectivity index is 2.04. The van der Waals surface area contributed by atoms with E-state index in [9.17, 15) is 9.59 Å².